The van der Waals surface area contributed by atoms with Gasteiger partial charge in [-0.25, -0.2) is 0 Å². The molecule has 3 aliphatic heterocycles. The molecule has 3 fully saturated rings. The highest BCUT2D eigenvalue weighted by Gasteiger charge is 2.35. The fourth-order valence-corrected chi connectivity index (χ4v) is 4.78. The lowest BCUT2D eigenvalue weighted by atomic mass is 9.84. The zero-order chi connectivity index (χ0) is 17.4. The molecule has 1 N–H and O–H groups in total. The number of nitrogens with zero attached hydrogens (tertiary/aromatic N) is 1. The van der Waals surface area contributed by atoms with Gasteiger partial charge in [-0.3, -0.25) is 9.59 Å². The number of carbonyl (C=O) groups is 2. The van der Waals surface area contributed by atoms with Crippen LogP contribution < -0.4 is 5.32 Å². The van der Waals surface area contributed by atoms with E-state index in [0.717, 1.165) is 21.9 Å². The number of nitrogens with one attached hydrogen (secondary N) is 1. The predicted molar refractivity (Wildman–Crippen MR) is 100 cm³/mol. The summed E-state index contributed by atoms with van der Waals surface area (Å²) in [5.74, 6) is 0.706. The van der Waals surface area contributed by atoms with Crippen molar-refractivity contribution in [3.05, 3.63) is 46.8 Å². The van der Waals surface area contributed by atoms with Crippen molar-refractivity contribution in [2.45, 2.75) is 25.8 Å². The fourth-order valence-electron chi connectivity index (χ4n) is 3.87. The van der Waals surface area contributed by atoms with Crippen LogP contribution in [-0.2, 0) is 0 Å². The maximum absolute atomic E-state index is 12.6. The van der Waals surface area contributed by atoms with Crippen molar-refractivity contribution < 1.29 is 9.59 Å². The molecule has 3 aliphatic rings. The third kappa shape index (κ3) is 3.39. The maximum Gasteiger partial charge on any atom is 0.261 e. The highest BCUT2D eigenvalue weighted by Crippen LogP contribution is 2.30. The van der Waals surface area contributed by atoms with Crippen molar-refractivity contribution >= 4 is 23.0 Å². The van der Waals surface area contributed by atoms with E-state index >= 15 is 0 Å². The summed E-state index contributed by atoms with van der Waals surface area (Å²) in [6.45, 7) is 4.90. The SMILES string of the molecule is CC(=O)c1cccc(-c2ccc(C(=O)N[C@H]3CN4CCC3CC4)s2)c1. The zero-order valence-corrected chi connectivity index (χ0v) is 15.1. The summed E-state index contributed by atoms with van der Waals surface area (Å²) < 4.78 is 0. The number of Topliss-reactive ketones (excluding diaryl/α,β-unsaturated/α-hetero) is 1. The van der Waals surface area contributed by atoms with E-state index < -0.39 is 0 Å². The molecule has 5 heteroatoms. The van der Waals surface area contributed by atoms with Crippen LogP contribution >= 0.6 is 11.3 Å². The van der Waals surface area contributed by atoms with Gasteiger partial charge in [-0.05, 0) is 62.5 Å². The summed E-state index contributed by atoms with van der Waals surface area (Å²) in [5, 5.41) is 3.24. The number of fused-ring (bicyclic) bond motifs is 3. The average molecular weight is 354 g/mol. The van der Waals surface area contributed by atoms with Gasteiger partial charge in [0.15, 0.2) is 5.78 Å². The van der Waals surface area contributed by atoms with Crippen LogP contribution in [0, 0.1) is 5.92 Å². The van der Waals surface area contributed by atoms with Crippen molar-refractivity contribution in [3.63, 3.8) is 0 Å². The Labute approximate surface area is 151 Å². The second-order valence-electron chi connectivity index (χ2n) is 7.02. The number of thiophene rings is 1. The lowest BCUT2D eigenvalue weighted by Gasteiger charge is -2.44. The lowest BCUT2D eigenvalue weighted by Crippen LogP contribution is -2.57. The number of piperidine rings is 3. The second kappa shape index (κ2) is 6.73. The maximum atomic E-state index is 12.6. The number of amides is 1. The van der Waals surface area contributed by atoms with Crippen LogP contribution in [0.3, 0.4) is 0 Å². The summed E-state index contributed by atoms with van der Waals surface area (Å²) in [4.78, 5) is 28.4. The van der Waals surface area contributed by atoms with E-state index in [1.165, 1.54) is 37.3 Å². The van der Waals surface area contributed by atoms with Gasteiger partial charge in [-0.15, -0.1) is 11.3 Å². The topological polar surface area (TPSA) is 49.4 Å². The number of benzene rings is 1. The van der Waals surface area contributed by atoms with E-state index in [1.807, 2.05) is 36.4 Å². The normalized spacial score (nSPS) is 24.9. The van der Waals surface area contributed by atoms with Crippen LogP contribution in [0.25, 0.3) is 10.4 Å². The van der Waals surface area contributed by atoms with Crippen molar-refractivity contribution in [1.82, 2.24) is 10.2 Å². The van der Waals surface area contributed by atoms with E-state index in [-0.39, 0.29) is 17.7 Å². The first-order valence-corrected chi connectivity index (χ1v) is 9.66. The summed E-state index contributed by atoms with van der Waals surface area (Å²) >= 11 is 1.49. The number of rotatable bonds is 4. The third-order valence-corrected chi connectivity index (χ3v) is 6.49. The highest BCUT2D eigenvalue weighted by atomic mass is 32.1. The number of ketones is 1. The molecule has 2 aromatic rings. The monoisotopic (exact) mass is 354 g/mol. The van der Waals surface area contributed by atoms with Gasteiger partial charge < -0.3 is 10.2 Å². The van der Waals surface area contributed by atoms with Crippen molar-refractivity contribution in [2.75, 3.05) is 19.6 Å². The molecule has 5 rings (SSSR count). The molecule has 130 valence electrons. The molecule has 3 saturated heterocycles. The molecular weight excluding hydrogens is 332 g/mol. The molecule has 1 aromatic heterocycles. The van der Waals surface area contributed by atoms with E-state index in [9.17, 15) is 9.59 Å². The molecule has 0 saturated carbocycles. The molecule has 4 heterocycles. The van der Waals surface area contributed by atoms with Gasteiger partial charge in [-0.2, -0.15) is 0 Å². The number of carbonyl (C=O) groups excluding carboxylic acids is 2. The first-order valence-electron chi connectivity index (χ1n) is 8.84. The van der Waals surface area contributed by atoms with E-state index in [2.05, 4.69) is 10.2 Å². The molecule has 1 amide bonds. The van der Waals surface area contributed by atoms with Gasteiger partial charge in [0.25, 0.3) is 5.91 Å². The summed E-state index contributed by atoms with van der Waals surface area (Å²) in [6, 6.07) is 11.7. The Kier molecular flexibility index (Phi) is 4.44. The Bertz CT molecular complexity index is 806. The van der Waals surface area contributed by atoms with Crippen LogP contribution in [0.1, 0.15) is 39.8 Å². The van der Waals surface area contributed by atoms with Crippen molar-refractivity contribution in [1.29, 1.82) is 0 Å². The summed E-state index contributed by atoms with van der Waals surface area (Å²) in [7, 11) is 0. The molecule has 2 bridgehead atoms. The molecular formula is C20H22N2O2S. The molecule has 0 spiro atoms. The van der Waals surface area contributed by atoms with Crippen LogP contribution in [0.4, 0.5) is 0 Å². The fraction of sp³-hybridized carbons (Fsp3) is 0.400. The first-order chi connectivity index (χ1) is 12.1. The molecule has 1 atom stereocenters. The minimum atomic E-state index is 0.0257. The minimum Gasteiger partial charge on any atom is -0.347 e. The van der Waals surface area contributed by atoms with Crippen molar-refractivity contribution in [3.8, 4) is 10.4 Å². The van der Waals surface area contributed by atoms with E-state index in [0.29, 0.717) is 11.5 Å². The predicted octanol–water partition coefficient (Wildman–Crippen LogP) is 3.44. The Morgan fingerprint density at radius 2 is 1.96 bits per heavy atom. The molecule has 25 heavy (non-hydrogen) atoms. The van der Waals surface area contributed by atoms with Gasteiger partial charge in [0.05, 0.1) is 4.88 Å². The number of hydrogen-bond donors (Lipinski definition) is 1. The smallest absolute Gasteiger partial charge is 0.261 e. The van der Waals surface area contributed by atoms with Crippen LogP contribution in [-0.4, -0.2) is 42.3 Å². The van der Waals surface area contributed by atoms with E-state index in [1.54, 1.807) is 6.92 Å². The Morgan fingerprint density at radius 1 is 1.16 bits per heavy atom. The molecule has 0 unspecified atom stereocenters. The van der Waals surface area contributed by atoms with Gasteiger partial charge in [-0.1, -0.05) is 18.2 Å². The Hall–Kier alpha value is -1.98. The largest absolute Gasteiger partial charge is 0.347 e. The summed E-state index contributed by atoms with van der Waals surface area (Å²) in [5.41, 5.74) is 1.68. The molecule has 4 nitrogen and oxygen atoms in total. The first kappa shape index (κ1) is 16.5. The van der Waals surface area contributed by atoms with Gasteiger partial charge in [0.2, 0.25) is 0 Å². The number of hydrogen-bond acceptors (Lipinski definition) is 4. The van der Waals surface area contributed by atoms with Gasteiger partial charge in [0.1, 0.15) is 0 Å². The quantitative estimate of drug-likeness (QED) is 0.856. The van der Waals surface area contributed by atoms with Crippen LogP contribution in [0.2, 0.25) is 0 Å². The van der Waals surface area contributed by atoms with Gasteiger partial charge in [0, 0.05) is 23.0 Å². The molecule has 1 aromatic carbocycles. The Morgan fingerprint density at radius 3 is 2.64 bits per heavy atom. The standard InChI is InChI=1S/C20H22N2O2S/c1-13(23)15-3-2-4-16(11-15)18-5-6-19(25-18)20(24)21-17-12-22-9-7-14(17)8-10-22/h2-6,11,14,17H,7-10,12H2,1H3,(H,21,24)/t17-/m0/s1. The lowest BCUT2D eigenvalue weighted by molar-refractivity contribution is 0.0622. The average Bonchev–Trinajstić information content (AvgIpc) is 3.13. The third-order valence-electron chi connectivity index (χ3n) is 5.36. The van der Waals surface area contributed by atoms with Crippen molar-refractivity contribution in [2.24, 2.45) is 5.92 Å². The molecule has 0 aliphatic carbocycles. The second-order valence-corrected chi connectivity index (χ2v) is 8.10. The zero-order valence-electron chi connectivity index (χ0n) is 14.3. The van der Waals surface area contributed by atoms with Crippen LogP contribution in [0.15, 0.2) is 36.4 Å². The summed E-state index contributed by atoms with van der Waals surface area (Å²) in [6.07, 6.45) is 2.39. The molecule has 0 radical (unpaired) electrons. The Balaban J connectivity index is 1.48. The van der Waals surface area contributed by atoms with Gasteiger partial charge >= 0.3 is 0 Å². The minimum absolute atomic E-state index is 0.0257. The highest BCUT2D eigenvalue weighted by molar-refractivity contribution is 7.17. The van der Waals surface area contributed by atoms with Crippen LogP contribution in [0.5, 0.6) is 0 Å². The van der Waals surface area contributed by atoms with E-state index in [4.69, 9.17) is 0 Å².